The molecule has 18 heavy (non-hydrogen) atoms. The maximum Gasteiger partial charge on any atom is 0.333 e. The van der Waals surface area contributed by atoms with Crippen molar-refractivity contribution in [1.29, 1.82) is 0 Å². The molecule has 3 aliphatic carbocycles. The Morgan fingerprint density at radius 3 is 2.28 bits per heavy atom. The van der Waals surface area contributed by atoms with E-state index in [4.69, 9.17) is 4.74 Å². The van der Waals surface area contributed by atoms with Crippen molar-refractivity contribution in [3.05, 3.63) is 12.2 Å². The molecular formula is C16H24O2. The minimum atomic E-state index is -0.157. The van der Waals surface area contributed by atoms with Crippen LogP contribution in [0.1, 0.15) is 64.7 Å². The highest BCUT2D eigenvalue weighted by Crippen LogP contribution is 2.65. The van der Waals surface area contributed by atoms with Gasteiger partial charge in [-0.15, -0.1) is 0 Å². The zero-order chi connectivity index (χ0) is 12.8. The Hall–Kier alpha value is -0.790. The van der Waals surface area contributed by atoms with Crippen LogP contribution in [-0.4, -0.2) is 11.6 Å². The van der Waals surface area contributed by atoms with Crippen LogP contribution in [0, 0.1) is 11.3 Å². The summed E-state index contributed by atoms with van der Waals surface area (Å²) in [5.74, 6) is 0.483. The molecule has 3 rings (SSSR count). The van der Waals surface area contributed by atoms with Gasteiger partial charge in [0.25, 0.3) is 0 Å². The summed E-state index contributed by atoms with van der Waals surface area (Å²) in [5.41, 5.74) is 0.744. The normalized spacial score (nSPS) is 33.8. The predicted molar refractivity (Wildman–Crippen MR) is 71.1 cm³/mol. The standard InChI is InChI=1S/C16H24O2/c1-12(2)14(17)18-16(13-6-7-13)11-5-10-15(16)8-3-4-9-15/h13H,1,3-11H2,2H3. The molecule has 100 valence electrons. The van der Waals surface area contributed by atoms with Gasteiger partial charge in [-0.05, 0) is 57.8 Å². The Morgan fingerprint density at radius 2 is 1.72 bits per heavy atom. The number of rotatable bonds is 3. The van der Waals surface area contributed by atoms with E-state index >= 15 is 0 Å². The highest BCUT2D eigenvalue weighted by Gasteiger charge is 2.64. The van der Waals surface area contributed by atoms with Crippen molar-refractivity contribution in [2.75, 3.05) is 0 Å². The minimum absolute atomic E-state index is 0.125. The predicted octanol–water partition coefficient (Wildman–Crippen LogP) is 4.00. The van der Waals surface area contributed by atoms with E-state index in [-0.39, 0.29) is 11.6 Å². The molecule has 0 heterocycles. The topological polar surface area (TPSA) is 26.3 Å². The van der Waals surface area contributed by atoms with Gasteiger partial charge >= 0.3 is 5.97 Å². The Morgan fingerprint density at radius 1 is 1.11 bits per heavy atom. The largest absolute Gasteiger partial charge is 0.455 e. The highest BCUT2D eigenvalue weighted by molar-refractivity contribution is 5.87. The van der Waals surface area contributed by atoms with Gasteiger partial charge < -0.3 is 4.74 Å². The lowest BCUT2D eigenvalue weighted by molar-refractivity contribution is -0.173. The van der Waals surface area contributed by atoms with E-state index in [0.29, 0.717) is 16.9 Å². The van der Waals surface area contributed by atoms with Gasteiger partial charge in [0.2, 0.25) is 0 Å². The first-order valence-corrected chi connectivity index (χ1v) is 7.49. The van der Waals surface area contributed by atoms with Gasteiger partial charge in [0, 0.05) is 11.0 Å². The molecule has 0 aliphatic heterocycles. The molecule has 0 N–H and O–H groups in total. The van der Waals surface area contributed by atoms with Gasteiger partial charge in [0.15, 0.2) is 0 Å². The Labute approximate surface area is 110 Å². The molecule has 2 nitrogen and oxygen atoms in total. The number of carbonyl (C=O) groups is 1. The van der Waals surface area contributed by atoms with E-state index in [0.717, 1.165) is 6.42 Å². The third kappa shape index (κ3) is 1.64. The fourth-order valence-corrected chi connectivity index (χ4v) is 4.57. The number of hydrogen-bond donors (Lipinski definition) is 0. The summed E-state index contributed by atoms with van der Waals surface area (Å²) in [6.45, 7) is 5.51. The van der Waals surface area contributed by atoms with Crippen molar-refractivity contribution in [1.82, 2.24) is 0 Å². The molecule has 1 atom stereocenters. The van der Waals surface area contributed by atoms with E-state index in [1.165, 1.54) is 51.4 Å². The van der Waals surface area contributed by atoms with Crippen LogP contribution in [0.4, 0.5) is 0 Å². The fourth-order valence-electron chi connectivity index (χ4n) is 4.57. The third-order valence-corrected chi connectivity index (χ3v) is 5.52. The van der Waals surface area contributed by atoms with Crippen molar-refractivity contribution < 1.29 is 9.53 Å². The summed E-state index contributed by atoms with van der Waals surface area (Å²) in [7, 11) is 0. The average molecular weight is 248 g/mol. The summed E-state index contributed by atoms with van der Waals surface area (Å²) >= 11 is 0. The Bertz CT molecular complexity index is 369. The molecule has 0 aromatic carbocycles. The summed E-state index contributed by atoms with van der Waals surface area (Å²) in [5, 5.41) is 0. The second-order valence-electron chi connectivity index (χ2n) is 6.67. The Kier molecular flexibility index (Phi) is 2.80. The van der Waals surface area contributed by atoms with Crippen molar-refractivity contribution in [3.63, 3.8) is 0 Å². The minimum Gasteiger partial charge on any atom is -0.455 e. The van der Waals surface area contributed by atoms with Crippen LogP contribution in [0.15, 0.2) is 12.2 Å². The molecule has 0 amide bonds. The molecule has 0 aromatic heterocycles. The van der Waals surface area contributed by atoms with Crippen molar-refractivity contribution in [2.45, 2.75) is 70.3 Å². The lowest BCUT2D eigenvalue weighted by Gasteiger charge is -2.44. The molecule has 0 saturated heterocycles. The number of ether oxygens (including phenoxy) is 1. The number of carbonyl (C=O) groups excluding carboxylic acids is 1. The maximum atomic E-state index is 12.1. The SMILES string of the molecule is C=C(C)C(=O)OC1(C2CC2)CCCC12CCCC2. The van der Waals surface area contributed by atoms with E-state index in [1.807, 2.05) is 0 Å². The monoisotopic (exact) mass is 248 g/mol. The third-order valence-electron chi connectivity index (χ3n) is 5.52. The van der Waals surface area contributed by atoms with Gasteiger partial charge in [-0.3, -0.25) is 0 Å². The van der Waals surface area contributed by atoms with Crippen LogP contribution >= 0.6 is 0 Å². The molecule has 1 unspecified atom stereocenters. The Balaban J connectivity index is 1.90. The lowest BCUT2D eigenvalue weighted by atomic mass is 9.70. The molecule has 3 saturated carbocycles. The fraction of sp³-hybridized carbons (Fsp3) is 0.812. The molecule has 0 radical (unpaired) electrons. The molecule has 2 heteroatoms. The van der Waals surface area contributed by atoms with E-state index < -0.39 is 0 Å². The van der Waals surface area contributed by atoms with Crippen LogP contribution in [0.5, 0.6) is 0 Å². The maximum absolute atomic E-state index is 12.1. The van der Waals surface area contributed by atoms with Crippen LogP contribution < -0.4 is 0 Å². The number of hydrogen-bond acceptors (Lipinski definition) is 2. The van der Waals surface area contributed by atoms with Crippen molar-refractivity contribution in [2.24, 2.45) is 11.3 Å². The summed E-state index contributed by atoms with van der Waals surface area (Å²) in [4.78, 5) is 12.1. The summed E-state index contributed by atoms with van der Waals surface area (Å²) in [6.07, 6.45) is 11.3. The second-order valence-corrected chi connectivity index (χ2v) is 6.67. The zero-order valence-electron chi connectivity index (χ0n) is 11.5. The van der Waals surface area contributed by atoms with Crippen molar-refractivity contribution in [3.8, 4) is 0 Å². The molecule has 3 aliphatic rings. The molecular weight excluding hydrogens is 224 g/mol. The first kappa shape index (κ1) is 12.3. The van der Waals surface area contributed by atoms with E-state index in [2.05, 4.69) is 6.58 Å². The zero-order valence-corrected chi connectivity index (χ0v) is 11.5. The smallest absolute Gasteiger partial charge is 0.333 e. The average Bonchev–Trinajstić information content (AvgIpc) is 3.00. The van der Waals surface area contributed by atoms with Gasteiger partial charge in [-0.1, -0.05) is 19.4 Å². The first-order valence-electron chi connectivity index (χ1n) is 7.49. The lowest BCUT2D eigenvalue weighted by Crippen LogP contribution is -2.48. The van der Waals surface area contributed by atoms with Crippen LogP contribution in [0.25, 0.3) is 0 Å². The van der Waals surface area contributed by atoms with E-state index in [9.17, 15) is 4.79 Å². The van der Waals surface area contributed by atoms with Crippen LogP contribution in [-0.2, 0) is 9.53 Å². The molecule has 0 bridgehead atoms. The highest BCUT2D eigenvalue weighted by atomic mass is 16.6. The summed E-state index contributed by atoms with van der Waals surface area (Å²) < 4.78 is 6.08. The van der Waals surface area contributed by atoms with Gasteiger partial charge in [0.05, 0.1) is 0 Å². The molecule has 0 aromatic rings. The second kappa shape index (κ2) is 4.11. The van der Waals surface area contributed by atoms with Crippen molar-refractivity contribution >= 4 is 5.97 Å². The van der Waals surface area contributed by atoms with Crippen LogP contribution in [0.3, 0.4) is 0 Å². The van der Waals surface area contributed by atoms with Crippen LogP contribution in [0.2, 0.25) is 0 Å². The molecule has 3 fully saturated rings. The number of esters is 1. The summed E-state index contributed by atoms with van der Waals surface area (Å²) in [6, 6.07) is 0. The molecule has 1 spiro atoms. The quantitative estimate of drug-likeness (QED) is 0.557. The van der Waals surface area contributed by atoms with Gasteiger partial charge in [-0.2, -0.15) is 0 Å². The van der Waals surface area contributed by atoms with Gasteiger partial charge in [0.1, 0.15) is 5.60 Å². The first-order chi connectivity index (χ1) is 8.60. The van der Waals surface area contributed by atoms with E-state index in [1.54, 1.807) is 6.92 Å². The van der Waals surface area contributed by atoms with Gasteiger partial charge in [-0.25, -0.2) is 4.79 Å².